The van der Waals surface area contributed by atoms with E-state index in [0.717, 1.165) is 12.8 Å². The zero-order valence-corrected chi connectivity index (χ0v) is 11.1. The monoisotopic (exact) mass is 266 g/mol. The maximum Gasteiger partial charge on any atom is 0.326 e. The van der Waals surface area contributed by atoms with Crippen LogP contribution in [0.3, 0.4) is 0 Å². The number of aromatic nitrogens is 1. The van der Waals surface area contributed by atoms with Crippen molar-refractivity contribution in [3.8, 4) is 0 Å². The zero-order valence-electron chi connectivity index (χ0n) is 11.1. The van der Waals surface area contributed by atoms with Crippen LogP contribution in [0, 0.1) is 6.92 Å². The van der Waals surface area contributed by atoms with E-state index in [1.54, 1.807) is 6.92 Å². The molecule has 1 aromatic heterocycles. The van der Waals surface area contributed by atoms with E-state index in [9.17, 15) is 9.59 Å². The Morgan fingerprint density at radius 1 is 1.53 bits per heavy atom. The molecule has 0 saturated heterocycles. The molecule has 1 aliphatic carbocycles. The van der Waals surface area contributed by atoms with E-state index in [0.29, 0.717) is 30.3 Å². The number of amides is 1. The van der Waals surface area contributed by atoms with E-state index < -0.39 is 17.9 Å². The lowest BCUT2D eigenvalue weighted by molar-refractivity contribution is -0.139. The number of rotatable bonds is 6. The molecule has 1 saturated carbocycles. The van der Waals surface area contributed by atoms with Gasteiger partial charge in [0.2, 0.25) is 5.76 Å². The number of carboxylic acid groups (broad SMARTS) is 1. The summed E-state index contributed by atoms with van der Waals surface area (Å²) in [5.74, 6) is -0.493. The van der Waals surface area contributed by atoms with Gasteiger partial charge in [0.15, 0.2) is 5.89 Å². The molecule has 1 heterocycles. The summed E-state index contributed by atoms with van der Waals surface area (Å²) in [6.07, 6.45) is 3.15. The van der Waals surface area contributed by atoms with Gasteiger partial charge in [-0.15, -0.1) is 0 Å². The number of aryl methyl sites for hydroxylation is 1. The highest BCUT2D eigenvalue weighted by Crippen LogP contribution is 2.40. The first-order chi connectivity index (χ1) is 9.02. The lowest BCUT2D eigenvalue weighted by atomic mass is 10.1. The van der Waals surface area contributed by atoms with E-state index in [1.165, 1.54) is 0 Å². The van der Waals surface area contributed by atoms with Crippen LogP contribution in [-0.2, 0) is 4.79 Å². The smallest absolute Gasteiger partial charge is 0.326 e. The SMILES string of the molecule is CCCC(NC(=O)c1oc(C2CC2)nc1C)C(=O)O. The molecule has 0 aromatic carbocycles. The average molecular weight is 266 g/mol. The molecule has 2 N–H and O–H groups in total. The first-order valence-corrected chi connectivity index (χ1v) is 6.54. The first-order valence-electron chi connectivity index (χ1n) is 6.54. The highest BCUT2D eigenvalue weighted by molar-refractivity contribution is 5.95. The summed E-state index contributed by atoms with van der Waals surface area (Å²) in [7, 11) is 0. The van der Waals surface area contributed by atoms with Gasteiger partial charge in [-0.1, -0.05) is 13.3 Å². The largest absolute Gasteiger partial charge is 0.480 e. The summed E-state index contributed by atoms with van der Waals surface area (Å²) in [4.78, 5) is 27.2. The van der Waals surface area contributed by atoms with Gasteiger partial charge in [-0.2, -0.15) is 0 Å². The van der Waals surface area contributed by atoms with Gasteiger partial charge in [-0.3, -0.25) is 4.79 Å². The van der Waals surface area contributed by atoms with Crippen molar-refractivity contribution in [2.24, 2.45) is 0 Å². The zero-order chi connectivity index (χ0) is 14.0. The van der Waals surface area contributed by atoms with Crippen LogP contribution in [0.5, 0.6) is 0 Å². The minimum absolute atomic E-state index is 0.129. The van der Waals surface area contributed by atoms with Crippen LogP contribution in [0.1, 0.15) is 60.7 Å². The molecule has 1 atom stereocenters. The Balaban J connectivity index is 2.07. The topological polar surface area (TPSA) is 92.4 Å². The minimum Gasteiger partial charge on any atom is -0.480 e. The Kier molecular flexibility index (Phi) is 3.87. The number of nitrogens with one attached hydrogen (secondary N) is 1. The summed E-state index contributed by atoms with van der Waals surface area (Å²) in [6.45, 7) is 3.56. The molecule has 19 heavy (non-hydrogen) atoms. The maximum absolute atomic E-state index is 12.0. The number of aliphatic carboxylic acids is 1. The molecule has 1 unspecified atom stereocenters. The first kappa shape index (κ1) is 13.6. The summed E-state index contributed by atoms with van der Waals surface area (Å²) in [6, 6.07) is -0.883. The third-order valence-electron chi connectivity index (χ3n) is 3.13. The van der Waals surface area contributed by atoms with Crippen molar-refractivity contribution in [1.29, 1.82) is 0 Å². The van der Waals surface area contributed by atoms with Crippen LogP contribution in [0.25, 0.3) is 0 Å². The molecule has 1 aliphatic rings. The normalized spacial score (nSPS) is 16.1. The maximum atomic E-state index is 12.0. The van der Waals surface area contributed by atoms with Crippen molar-refractivity contribution in [2.45, 2.75) is 51.5 Å². The molecular weight excluding hydrogens is 248 g/mol. The Hall–Kier alpha value is -1.85. The Morgan fingerprint density at radius 3 is 2.74 bits per heavy atom. The van der Waals surface area contributed by atoms with Gasteiger partial charge >= 0.3 is 5.97 Å². The van der Waals surface area contributed by atoms with Gasteiger partial charge in [-0.25, -0.2) is 9.78 Å². The van der Waals surface area contributed by atoms with Crippen molar-refractivity contribution in [3.05, 3.63) is 17.3 Å². The van der Waals surface area contributed by atoms with Crippen molar-refractivity contribution in [1.82, 2.24) is 10.3 Å². The molecule has 0 spiro atoms. The number of carbonyl (C=O) groups is 2. The average Bonchev–Trinajstić information content (AvgIpc) is 3.12. The number of oxazole rings is 1. The van der Waals surface area contributed by atoms with Gasteiger partial charge in [0.25, 0.3) is 5.91 Å². The standard InChI is InChI=1S/C13H18N2O4/c1-3-4-9(13(17)18)15-11(16)10-7(2)14-12(19-10)8-5-6-8/h8-9H,3-6H2,1-2H3,(H,15,16)(H,17,18). The molecule has 1 amide bonds. The van der Waals surface area contributed by atoms with Crippen LogP contribution in [0.2, 0.25) is 0 Å². The lowest BCUT2D eigenvalue weighted by Gasteiger charge is -2.12. The van der Waals surface area contributed by atoms with Crippen molar-refractivity contribution in [2.75, 3.05) is 0 Å². The van der Waals surface area contributed by atoms with E-state index in [2.05, 4.69) is 10.3 Å². The van der Waals surface area contributed by atoms with Gasteiger partial charge in [0.05, 0.1) is 5.69 Å². The van der Waals surface area contributed by atoms with Crippen molar-refractivity contribution < 1.29 is 19.1 Å². The molecule has 104 valence electrons. The van der Waals surface area contributed by atoms with Gasteiger partial charge in [-0.05, 0) is 26.2 Å². The van der Waals surface area contributed by atoms with E-state index >= 15 is 0 Å². The van der Waals surface area contributed by atoms with Gasteiger partial charge < -0.3 is 14.8 Å². The molecule has 1 fully saturated rings. The predicted molar refractivity (Wildman–Crippen MR) is 67.0 cm³/mol. The second kappa shape index (κ2) is 5.42. The summed E-state index contributed by atoms with van der Waals surface area (Å²) in [5, 5.41) is 11.5. The number of hydrogen-bond donors (Lipinski definition) is 2. The Bertz CT molecular complexity index is 491. The quantitative estimate of drug-likeness (QED) is 0.819. The highest BCUT2D eigenvalue weighted by atomic mass is 16.4. The molecule has 2 rings (SSSR count). The molecule has 6 heteroatoms. The fraction of sp³-hybridized carbons (Fsp3) is 0.615. The molecule has 0 bridgehead atoms. The van der Waals surface area contributed by atoms with E-state index in [4.69, 9.17) is 9.52 Å². The number of carboxylic acids is 1. The van der Waals surface area contributed by atoms with Crippen LogP contribution in [-0.4, -0.2) is 28.0 Å². The Labute approximate surface area is 111 Å². The van der Waals surface area contributed by atoms with Gasteiger partial charge in [0.1, 0.15) is 6.04 Å². The lowest BCUT2D eigenvalue weighted by Crippen LogP contribution is -2.40. The molecule has 1 aromatic rings. The van der Waals surface area contributed by atoms with Crippen LogP contribution >= 0.6 is 0 Å². The predicted octanol–water partition coefficient (Wildman–Crippen LogP) is 1.84. The second-order valence-electron chi connectivity index (χ2n) is 4.89. The fourth-order valence-electron chi connectivity index (χ4n) is 1.90. The molecule has 0 radical (unpaired) electrons. The Morgan fingerprint density at radius 2 is 2.21 bits per heavy atom. The fourth-order valence-corrected chi connectivity index (χ4v) is 1.90. The van der Waals surface area contributed by atoms with Crippen LogP contribution in [0.15, 0.2) is 4.42 Å². The van der Waals surface area contributed by atoms with Crippen LogP contribution in [0.4, 0.5) is 0 Å². The summed E-state index contributed by atoms with van der Waals surface area (Å²) >= 11 is 0. The highest BCUT2D eigenvalue weighted by Gasteiger charge is 2.31. The van der Waals surface area contributed by atoms with Crippen molar-refractivity contribution >= 4 is 11.9 Å². The number of nitrogens with zero attached hydrogens (tertiary/aromatic N) is 1. The molecule has 6 nitrogen and oxygen atoms in total. The minimum atomic E-state index is -1.03. The third-order valence-corrected chi connectivity index (χ3v) is 3.13. The van der Waals surface area contributed by atoms with E-state index in [-0.39, 0.29) is 5.76 Å². The number of hydrogen-bond acceptors (Lipinski definition) is 4. The summed E-state index contributed by atoms with van der Waals surface area (Å²) < 4.78 is 5.44. The molecule has 0 aliphatic heterocycles. The number of carbonyl (C=O) groups excluding carboxylic acids is 1. The van der Waals surface area contributed by atoms with E-state index in [1.807, 2.05) is 6.92 Å². The molecular formula is C13H18N2O4. The third kappa shape index (κ3) is 3.13. The summed E-state index contributed by atoms with van der Waals surface area (Å²) in [5.41, 5.74) is 0.514. The van der Waals surface area contributed by atoms with Crippen molar-refractivity contribution in [3.63, 3.8) is 0 Å². The second-order valence-corrected chi connectivity index (χ2v) is 4.89. The van der Waals surface area contributed by atoms with Crippen LogP contribution < -0.4 is 5.32 Å². The van der Waals surface area contributed by atoms with Gasteiger partial charge in [0, 0.05) is 5.92 Å².